The average molecular weight is 417 g/mol. The van der Waals surface area contributed by atoms with Crippen LogP contribution in [0, 0.1) is 0 Å². The van der Waals surface area contributed by atoms with Crippen molar-refractivity contribution in [1.29, 1.82) is 0 Å². The lowest BCUT2D eigenvalue weighted by Gasteiger charge is -2.17. The van der Waals surface area contributed by atoms with E-state index in [9.17, 15) is 9.59 Å². The molecule has 26 heavy (non-hydrogen) atoms. The number of hydrogen-bond acceptors (Lipinski definition) is 3. The second kappa shape index (κ2) is 8.36. The van der Waals surface area contributed by atoms with Crippen LogP contribution in [0.1, 0.15) is 41.3 Å². The molecule has 0 heterocycles. The first-order valence-electron chi connectivity index (χ1n) is 8.67. The van der Waals surface area contributed by atoms with Crippen LogP contribution in [-0.2, 0) is 17.6 Å². The molecule has 1 aliphatic carbocycles. The van der Waals surface area contributed by atoms with E-state index in [1.54, 1.807) is 25.1 Å². The number of fused-ring (bicyclic) bond motifs is 1. The van der Waals surface area contributed by atoms with Gasteiger partial charge in [0.2, 0.25) is 0 Å². The third kappa shape index (κ3) is 4.64. The molecule has 0 aromatic heterocycles. The lowest BCUT2D eigenvalue weighted by atomic mass is 9.90. The molecule has 2 amide bonds. The second-order valence-corrected chi connectivity index (χ2v) is 7.27. The van der Waals surface area contributed by atoms with Gasteiger partial charge in [-0.15, -0.1) is 0 Å². The molecule has 5 nitrogen and oxygen atoms in total. The van der Waals surface area contributed by atoms with E-state index in [2.05, 4.69) is 26.8 Å². The van der Waals surface area contributed by atoms with Crippen molar-refractivity contribution in [1.82, 2.24) is 10.9 Å². The van der Waals surface area contributed by atoms with Gasteiger partial charge in [0.05, 0.1) is 0 Å². The molecule has 2 aromatic carbocycles. The first-order chi connectivity index (χ1) is 12.5. The fourth-order valence-corrected chi connectivity index (χ4v) is 3.34. The number of aryl methyl sites for hydroxylation is 2. The number of carbonyl (C=O) groups is 2. The zero-order valence-electron chi connectivity index (χ0n) is 14.5. The number of hydrogen-bond donors (Lipinski definition) is 2. The highest BCUT2D eigenvalue weighted by Gasteiger charge is 2.17. The molecule has 1 aliphatic rings. The van der Waals surface area contributed by atoms with Crippen molar-refractivity contribution in [2.45, 2.75) is 38.7 Å². The molecule has 0 saturated carbocycles. The molecule has 136 valence electrons. The monoisotopic (exact) mass is 416 g/mol. The van der Waals surface area contributed by atoms with E-state index in [1.165, 1.54) is 17.5 Å². The van der Waals surface area contributed by atoms with Crippen LogP contribution in [0.25, 0.3) is 0 Å². The Morgan fingerprint density at radius 3 is 2.58 bits per heavy atom. The van der Waals surface area contributed by atoms with Gasteiger partial charge < -0.3 is 4.74 Å². The summed E-state index contributed by atoms with van der Waals surface area (Å²) in [6.45, 7) is 1.63. The van der Waals surface area contributed by atoms with Crippen molar-refractivity contribution in [3.05, 3.63) is 63.6 Å². The first-order valence-corrected chi connectivity index (χ1v) is 9.46. The van der Waals surface area contributed by atoms with Gasteiger partial charge >= 0.3 is 0 Å². The number of nitrogens with one attached hydrogen (secondary N) is 2. The molecule has 0 unspecified atom stereocenters. The van der Waals surface area contributed by atoms with Gasteiger partial charge in [-0.1, -0.05) is 28.1 Å². The van der Waals surface area contributed by atoms with Gasteiger partial charge in [-0.3, -0.25) is 20.4 Å². The number of hydrazine groups is 1. The summed E-state index contributed by atoms with van der Waals surface area (Å²) in [6, 6.07) is 12.9. The lowest BCUT2D eigenvalue weighted by molar-refractivity contribution is -0.128. The number of halogens is 1. The molecule has 0 radical (unpaired) electrons. The van der Waals surface area contributed by atoms with Crippen molar-refractivity contribution < 1.29 is 14.3 Å². The Morgan fingerprint density at radius 2 is 1.81 bits per heavy atom. The van der Waals surface area contributed by atoms with Crippen molar-refractivity contribution in [2.75, 3.05) is 0 Å². The van der Waals surface area contributed by atoms with E-state index in [1.807, 2.05) is 24.3 Å². The van der Waals surface area contributed by atoms with Crippen LogP contribution < -0.4 is 15.6 Å². The Kier molecular flexibility index (Phi) is 5.93. The maximum Gasteiger partial charge on any atom is 0.279 e. The van der Waals surface area contributed by atoms with Crippen LogP contribution in [0.3, 0.4) is 0 Å². The normalized spacial score (nSPS) is 14.1. The van der Waals surface area contributed by atoms with E-state index in [0.29, 0.717) is 11.3 Å². The van der Waals surface area contributed by atoms with Crippen LogP contribution in [-0.4, -0.2) is 17.9 Å². The van der Waals surface area contributed by atoms with Crippen molar-refractivity contribution >= 4 is 27.7 Å². The predicted octanol–water partition coefficient (Wildman–Crippen LogP) is 3.56. The van der Waals surface area contributed by atoms with Gasteiger partial charge in [-0.25, -0.2) is 0 Å². The molecule has 2 aromatic rings. The maximum atomic E-state index is 12.3. The van der Waals surface area contributed by atoms with Crippen molar-refractivity contribution in [2.24, 2.45) is 0 Å². The summed E-state index contributed by atoms with van der Waals surface area (Å²) >= 11 is 3.35. The number of benzene rings is 2. The van der Waals surface area contributed by atoms with E-state index < -0.39 is 12.0 Å². The predicted molar refractivity (Wildman–Crippen MR) is 103 cm³/mol. The molecule has 0 saturated heterocycles. The van der Waals surface area contributed by atoms with Gasteiger partial charge in [-0.05, 0) is 74.1 Å². The van der Waals surface area contributed by atoms with Crippen molar-refractivity contribution in [3.8, 4) is 5.75 Å². The minimum Gasteiger partial charge on any atom is -0.481 e. The van der Waals surface area contributed by atoms with Crippen LogP contribution in [0.2, 0.25) is 0 Å². The Morgan fingerprint density at radius 1 is 1.04 bits per heavy atom. The lowest BCUT2D eigenvalue weighted by Crippen LogP contribution is -2.47. The molecule has 2 N–H and O–H groups in total. The quantitative estimate of drug-likeness (QED) is 0.748. The Hall–Kier alpha value is -2.34. The van der Waals surface area contributed by atoms with Crippen LogP contribution in [0.15, 0.2) is 46.9 Å². The molecule has 0 spiro atoms. The van der Waals surface area contributed by atoms with Crippen LogP contribution in [0.5, 0.6) is 5.75 Å². The summed E-state index contributed by atoms with van der Waals surface area (Å²) in [5, 5.41) is 0. The Labute approximate surface area is 161 Å². The largest absolute Gasteiger partial charge is 0.481 e. The number of carbonyl (C=O) groups excluding carboxylic acids is 2. The molecule has 3 rings (SSSR count). The fraction of sp³-hybridized carbons (Fsp3) is 0.300. The molecule has 0 fully saturated rings. The SMILES string of the molecule is C[C@@H](Oc1cccc(Br)c1)C(=O)NNC(=O)c1ccc2c(c1)CCCC2. The molecular weight excluding hydrogens is 396 g/mol. The Bertz CT molecular complexity index is 822. The molecular formula is C20H21BrN2O3. The zero-order valence-corrected chi connectivity index (χ0v) is 16.1. The summed E-state index contributed by atoms with van der Waals surface area (Å²) in [7, 11) is 0. The fourth-order valence-electron chi connectivity index (χ4n) is 2.96. The van der Waals surface area contributed by atoms with Crippen molar-refractivity contribution in [3.63, 3.8) is 0 Å². The highest BCUT2D eigenvalue weighted by Crippen LogP contribution is 2.22. The van der Waals surface area contributed by atoms with E-state index >= 15 is 0 Å². The van der Waals surface area contributed by atoms with E-state index in [4.69, 9.17) is 4.74 Å². The topological polar surface area (TPSA) is 67.4 Å². The minimum absolute atomic E-state index is 0.332. The highest BCUT2D eigenvalue weighted by atomic mass is 79.9. The van der Waals surface area contributed by atoms with E-state index in [-0.39, 0.29) is 5.91 Å². The average Bonchev–Trinajstić information content (AvgIpc) is 2.65. The van der Waals surface area contributed by atoms with Crippen LogP contribution >= 0.6 is 15.9 Å². The Balaban J connectivity index is 1.54. The second-order valence-electron chi connectivity index (χ2n) is 6.35. The van der Waals surface area contributed by atoms with Gasteiger partial charge in [0.1, 0.15) is 5.75 Å². The summed E-state index contributed by atoms with van der Waals surface area (Å²) < 4.78 is 6.44. The standard InChI is InChI=1S/C20H21BrN2O3/c1-13(26-18-8-4-7-17(21)12-18)19(24)22-23-20(25)16-10-9-14-5-2-3-6-15(14)11-16/h4,7-13H,2-3,5-6H2,1H3,(H,22,24)(H,23,25)/t13-/m1/s1. The highest BCUT2D eigenvalue weighted by molar-refractivity contribution is 9.10. The number of ether oxygens (including phenoxy) is 1. The number of rotatable bonds is 4. The van der Waals surface area contributed by atoms with Gasteiger partial charge in [0.15, 0.2) is 6.10 Å². The smallest absolute Gasteiger partial charge is 0.279 e. The first kappa shape index (κ1) is 18.5. The van der Waals surface area contributed by atoms with Gasteiger partial charge in [0, 0.05) is 10.0 Å². The van der Waals surface area contributed by atoms with Gasteiger partial charge in [-0.2, -0.15) is 0 Å². The summed E-state index contributed by atoms with van der Waals surface area (Å²) in [4.78, 5) is 24.4. The molecule has 0 aliphatic heterocycles. The van der Waals surface area contributed by atoms with Gasteiger partial charge in [0.25, 0.3) is 11.8 Å². The van der Waals surface area contributed by atoms with Crippen LogP contribution in [0.4, 0.5) is 0 Å². The molecule has 1 atom stereocenters. The summed E-state index contributed by atoms with van der Waals surface area (Å²) in [6.07, 6.45) is 3.68. The minimum atomic E-state index is -0.742. The van der Waals surface area contributed by atoms with E-state index in [0.717, 1.165) is 23.7 Å². The summed E-state index contributed by atoms with van der Waals surface area (Å²) in [5.41, 5.74) is 7.96. The maximum absolute atomic E-state index is 12.3. The zero-order chi connectivity index (χ0) is 18.5. The molecule has 0 bridgehead atoms. The summed E-state index contributed by atoms with van der Waals surface area (Å²) in [5.74, 6) is -0.180. The molecule has 6 heteroatoms. The number of amides is 2. The third-order valence-corrected chi connectivity index (χ3v) is 4.88. The third-order valence-electron chi connectivity index (χ3n) is 4.39.